The molecule has 2 N–H and O–H groups in total. The molecule has 0 fully saturated rings. The van der Waals surface area contributed by atoms with Gasteiger partial charge in [-0.25, -0.2) is 9.97 Å². The zero-order valence-corrected chi connectivity index (χ0v) is 17.6. The van der Waals surface area contributed by atoms with Gasteiger partial charge < -0.3 is 15.5 Å². The van der Waals surface area contributed by atoms with Crippen LogP contribution in [0, 0.1) is 24.2 Å². The van der Waals surface area contributed by atoms with Crippen LogP contribution in [0.4, 0.5) is 11.6 Å². The van der Waals surface area contributed by atoms with Crippen LogP contribution in [0.2, 0.25) is 0 Å². The first-order chi connectivity index (χ1) is 14.3. The fourth-order valence-electron chi connectivity index (χ4n) is 3.84. The van der Waals surface area contributed by atoms with Crippen LogP contribution in [0.1, 0.15) is 54.8 Å². The molecule has 0 bridgehead atoms. The Morgan fingerprint density at radius 2 is 2.03 bits per heavy atom. The molecule has 2 aromatic rings. The molecule has 30 heavy (non-hydrogen) atoms. The van der Waals surface area contributed by atoms with Gasteiger partial charge in [-0.1, -0.05) is 6.92 Å². The van der Waals surface area contributed by atoms with Crippen molar-refractivity contribution >= 4 is 23.5 Å². The lowest BCUT2D eigenvalue weighted by Crippen LogP contribution is -2.48. The van der Waals surface area contributed by atoms with E-state index in [9.17, 15) is 9.59 Å². The number of fused-ring (bicyclic) bond motifs is 1. The zero-order chi connectivity index (χ0) is 21.8. The highest BCUT2D eigenvalue weighted by molar-refractivity contribution is 5.98. The smallest absolute Gasteiger partial charge is 0.251 e. The second-order valence-corrected chi connectivity index (χ2v) is 7.57. The standard InChI is InChI=1S/C22H26N6O2/c1-13-8-11-25-22(26-13)27-20-14(2)15(3)28(16(4)29)19-7-6-17(12-18(19)20)21(30)24-10-5-9-23/h6-8,11-12,14-15,20H,5,10H2,1-4H3,(H,24,30)(H,25,26,27)/t14-,15-,20+/m0/s1. The van der Waals surface area contributed by atoms with Crippen LogP contribution in [0.15, 0.2) is 30.5 Å². The number of nitrogens with zero attached hydrogens (tertiary/aromatic N) is 4. The monoisotopic (exact) mass is 406 g/mol. The molecule has 0 saturated heterocycles. The second-order valence-electron chi connectivity index (χ2n) is 7.57. The van der Waals surface area contributed by atoms with Crippen molar-refractivity contribution < 1.29 is 9.59 Å². The molecule has 8 nitrogen and oxygen atoms in total. The van der Waals surface area contributed by atoms with Gasteiger partial charge in [-0.05, 0) is 43.7 Å². The van der Waals surface area contributed by atoms with Gasteiger partial charge in [-0.15, -0.1) is 0 Å². The summed E-state index contributed by atoms with van der Waals surface area (Å²) >= 11 is 0. The summed E-state index contributed by atoms with van der Waals surface area (Å²) in [5.74, 6) is 0.249. The van der Waals surface area contributed by atoms with Crippen LogP contribution in [0.25, 0.3) is 0 Å². The second kappa shape index (κ2) is 8.91. The van der Waals surface area contributed by atoms with Crippen LogP contribution >= 0.6 is 0 Å². The minimum absolute atomic E-state index is 0.0439. The van der Waals surface area contributed by atoms with Crippen molar-refractivity contribution in [1.82, 2.24) is 15.3 Å². The van der Waals surface area contributed by atoms with Gasteiger partial charge in [-0.2, -0.15) is 5.26 Å². The van der Waals surface area contributed by atoms with Crippen LogP contribution < -0.4 is 15.5 Å². The van der Waals surface area contributed by atoms with Gasteiger partial charge in [0.2, 0.25) is 11.9 Å². The predicted octanol–water partition coefficient (Wildman–Crippen LogP) is 2.97. The van der Waals surface area contributed by atoms with E-state index < -0.39 is 0 Å². The van der Waals surface area contributed by atoms with Crippen molar-refractivity contribution in [2.24, 2.45) is 5.92 Å². The predicted molar refractivity (Wildman–Crippen MR) is 114 cm³/mol. The highest BCUT2D eigenvalue weighted by Crippen LogP contribution is 2.42. The quantitative estimate of drug-likeness (QED) is 0.739. The van der Waals surface area contributed by atoms with E-state index in [0.29, 0.717) is 11.5 Å². The van der Waals surface area contributed by atoms with E-state index >= 15 is 0 Å². The number of nitrogens with one attached hydrogen (secondary N) is 2. The van der Waals surface area contributed by atoms with Crippen molar-refractivity contribution in [1.29, 1.82) is 5.26 Å². The lowest BCUT2D eigenvalue weighted by atomic mass is 9.82. The lowest BCUT2D eigenvalue weighted by Gasteiger charge is -2.44. The van der Waals surface area contributed by atoms with Gasteiger partial charge in [0.25, 0.3) is 5.91 Å². The maximum Gasteiger partial charge on any atom is 0.251 e. The number of hydrogen-bond acceptors (Lipinski definition) is 6. The minimum atomic E-state index is -0.251. The number of carbonyl (C=O) groups excluding carboxylic acids is 2. The first-order valence-electron chi connectivity index (χ1n) is 9.98. The van der Waals surface area contributed by atoms with Gasteiger partial charge in [0, 0.05) is 48.6 Å². The minimum Gasteiger partial charge on any atom is -0.351 e. The van der Waals surface area contributed by atoms with E-state index in [1.54, 1.807) is 24.1 Å². The van der Waals surface area contributed by atoms with Gasteiger partial charge in [0.05, 0.1) is 18.5 Å². The molecule has 156 valence electrons. The first-order valence-corrected chi connectivity index (χ1v) is 9.98. The fourth-order valence-corrected chi connectivity index (χ4v) is 3.84. The molecule has 1 aromatic carbocycles. The molecule has 0 radical (unpaired) electrons. The highest BCUT2D eigenvalue weighted by Gasteiger charge is 2.38. The largest absolute Gasteiger partial charge is 0.351 e. The number of nitriles is 1. The maximum atomic E-state index is 12.5. The summed E-state index contributed by atoms with van der Waals surface area (Å²) in [7, 11) is 0. The number of anilines is 2. The highest BCUT2D eigenvalue weighted by atomic mass is 16.2. The fraction of sp³-hybridized carbons (Fsp3) is 0.409. The van der Waals surface area contributed by atoms with E-state index in [-0.39, 0.29) is 42.8 Å². The summed E-state index contributed by atoms with van der Waals surface area (Å²) in [5.41, 5.74) is 2.94. The Bertz CT molecular complexity index is 999. The third-order valence-corrected chi connectivity index (χ3v) is 5.52. The molecule has 3 rings (SSSR count). The number of carbonyl (C=O) groups is 2. The zero-order valence-electron chi connectivity index (χ0n) is 17.6. The lowest BCUT2D eigenvalue weighted by molar-refractivity contribution is -0.117. The van der Waals surface area contributed by atoms with Gasteiger partial charge in [-0.3, -0.25) is 9.59 Å². The Morgan fingerprint density at radius 1 is 1.27 bits per heavy atom. The summed E-state index contributed by atoms with van der Waals surface area (Å²) in [5, 5.41) is 14.8. The molecular weight excluding hydrogens is 380 g/mol. The van der Waals surface area contributed by atoms with Gasteiger partial charge >= 0.3 is 0 Å². The summed E-state index contributed by atoms with van der Waals surface area (Å²) in [6.45, 7) is 7.82. The number of rotatable bonds is 5. The maximum absolute atomic E-state index is 12.5. The molecule has 1 aliphatic rings. The summed E-state index contributed by atoms with van der Waals surface area (Å²) < 4.78 is 0. The Labute approximate surface area is 176 Å². The Balaban J connectivity index is 2.02. The number of hydrogen-bond donors (Lipinski definition) is 2. The average molecular weight is 406 g/mol. The molecule has 0 spiro atoms. The molecule has 1 aromatic heterocycles. The van der Waals surface area contributed by atoms with E-state index in [1.807, 2.05) is 38.1 Å². The molecular formula is C22H26N6O2. The molecule has 2 amide bonds. The summed E-state index contributed by atoms with van der Waals surface area (Å²) in [4.78, 5) is 35.5. The van der Waals surface area contributed by atoms with E-state index in [4.69, 9.17) is 5.26 Å². The normalized spacial score (nSPS) is 20.1. The molecule has 8 heteroatoms. The SMILES string of the molecule is CC(=O)N1c2ccc(C(=O)NCCC#N)cc2[C@H](Nc2nccc(C)n2)[C@@H](C)[C@@H]1C. The molecule has 2 heterocycles. The van der Waals surface area contributed by atoms with Crippen LogP contribution in [-0.2, 0) is 4.79 Å². The van der Waals surface area contributed by atoms with Crippen molar-refractivity contribution in [3.05, 3.63) is 47.3 Å². The van der Waals surface area contributed by atoms with Crippen LogP contribution in [0.5, 0.6) is 0 Å². The van der Waals surface area contributed by atoms with Gasteiger partial charge in [0.15, 0.2) is 0 Å². The third-order valence-electron chi connectivity index (χ3n) is 5.52. The Kier molecular flexibility index (Phi) is 6.31. The molecule has 0 aliphatic carbocycles. The molecule has 1 aliphatic heterocycles. The Hall–Kier alpha value is -3.47. The van der Waals surface area contributed by atoms with Crippen molar-refractivity contribution in [3.8, 4) is 6.07 Å². The molecule has 0 unspecified atom stereocenters. The first kappa shape index (κ1) is 21.2. The van der Waals surface area contributed by atoms with Crippen LogP contribution in [0.3, 0.4) is 0 Å². The molecule has 3 atom stereocenters. The van der Waals surface area contributed by atoms with Gasteiger partial charge in [0.1, 0.15) is 0 Å². The number of amides is 2. The molecule has 0 saturated carbocycles. The van der Waals surface area contributed by atoms with Crippen molar-refractivity contribution in [3.63, 3.8) is 0 Å². The average Bonchev–Trinajstić information content (AvgIpc) is 2.71. The topological polar surface area (TPSA) is 111 Å². The number of aromatic nitrogens is 2. The third kappa shape index (κ3) is 4.25. The van der Waals surface area contributed by atoms with E-state index in [1.165, 1.54) is 0 Å². The number of benzene rings is 1. The van der Waals surface area contributed by atoms with Crippen molar-refractivity contribution in [2.45, 2.75) is 46.2 Å². The van der Waals surface area contributed by atoms with Crippen molar-refractivity contribution in [2.75, 3.05) is 16.8 Å². The van der Waals surface area contributed by atoms with Crippen LogP contribution in [-0.4, -0.2) is 34.4 Å². The summed E-state index contributed by atoms with van der Waals surface area (Å²) in [6, 6.07) is 8.93. The van der Waals surface area contributed by atoms with E-state index in [0.717, 1.165) is 16.9 Å². The Morgan fingerprint density at radius 3 is 2.70 bits per heavy atom. The summed E-state index contributed by atoms with van der Waals surface area (Å²) in [6.07, 6.45) is 1.95. The van der Waals surface area contributed by atoms with E-state index in [2.05, 4.69) is 27.5 Å². The number of aryl methyl sites for hydroxylation is 1.